The van der Waals surface area contributed by atoms with Crippen LogP contribution >= 0.6 is 0 Å². The molecule has 1 aliphatic rings. The number of fused-ring (bicyclic) bond motifs is 1. The van der Waals surface area contributed by atoms with Crippen molar-refractivity contribution in [1.82, 2.24) is 0 Å². The van der Waals surface area contributed by atoms with Crippen molar-refractivity contribution in [3.8, 4) is 5.75 Å². The lowest BCUT2D eigenvalue weighted by Gasteiger charge is -2.17. The zero-order chi connectivity index (χ0) is 14.5. The van der Waals surface area contributed by atoms with E-state index in [1.165, 1.54) is 41.5 Å². The van der Waals surface area contributed by atoms with Gasteiger partial charge in [0.15, 0.2) is 0 Å². The molecular formula is C20H22O. The monoisotopic (exact) mass is 278 g/mol. The van der Waals surface area contributed by atoms with Gasteiger partial charge in [-0.05, 0) is 66.5 Å². The van der Waals surface area contributed by atoms with Gasteiger partial charge in [0.1, 0.15) is 5.75 Å². The van der Waals surface area contributed by atoms with Gasteiger partial charge in [-0.15, -0.1) is 0 Å². The fraction of sp³-hybridized carbons (Fsp3) is 0.300. The summed E-state index contributed by atoms with van der Waals surface area (Å²) in [5.41, 5.74) is 5.87. The third-order valence-electron chi connectivity index (χ3n) is 4.21. The Morgan fingerprint density at radius 1 is 1.00 bits per heavy atom. The van der Waals surface area contributed by atoms with Gasteiger partial charge in [-0.25, -0.2) is 0 Å². The van der Waals surface area contributed by atoms with Crippen LogP contribution in [0.5, 0.6) is 5.75 Å². The summed E-state index contributed by atoms with van der Waals surface area (Å²) in [5, 5.41) is 0. The maximum atomic E-state index is 5.29. The van der Waals surface area contributed by atoms with E-state index in [2.05, 4.69) is 48.5 Å². The molecule has 0 aliphatic heterocycles. The topological polar surface area (TPSA) is 9.23 Å². The van der Waals surface area contributed by atoms with Crippen LogP contribution in [0, 0.1) is 0 Å². The van der Waals surface area contributed by atoms with E-state index < -0.39 is 0 Å². The Hall–Kier alpha value is -2.02. The van der Waals surface area contributed by atoms with E-state index in [9.17, 15) is 0 Å². The highest BCUT2D eigenvalue weighted by Gasteiger charge is 2.11. The quantitative estimate of drug-likeness (QED) is 0.744. The van der Waals surface area contributed by atoms with Gasteiger partial charge in [-0.1, -0.05) is 42.5 Å². The molecule has 0 aromatic heterocycles. The van der Waals surface area contributed by atoms with Crippen LogP contribution in [0.2, 0.25) is 0 Å². The van der Waals surface area contributed by atoms with Crippen molar-refractivity contribution in [2.45, 2.75) is 32.1 Å². The summed E-state index contributed by atoms with van der Waals surface area (Å²) in [7, 11) is 1.73. The Bertz CT molecular complexity index is 640. The fourth-order valence-electron chi connectivity index (χ4n) is 3.11. The Kier molecular flexibility index (Phi) is 4.40. The van der Waals surface area contributed by atoms with Crippen LogP contribution < -0.4 is 4.74 Å². The van der Waals surface area contributed by atoms with Crippen LogP contribution in [0.4, 0.5) is 0 Å². The Labute approximate surface area is 127 Å². The molecule has 2 aromatic rings. The molecule has 1 aliphatic carbocycles. The average Bonchev–Trinajstić information content (AvgIpc) is 2.55. The van der Waals surface area contributed by atoms with E-state index in [1.807, 2.05) is 6.07 Å². The lowest BCUT2D eigenvalue weighted by molar-refractivity contribution is 0.414. The second-order valence-electron chi connectivity index (χ2n) is 5.63. The van der Waals surface area contributed by atoms with Gasteiger partial charge >= 0.3 is 0 Å². The average molecular weight is 278 g/mol. The van der Waals surface area contributed by atoms with E-state index in [-0.39, 0.29) is 0 Å². The first-order valence-electron chi connectivity index (χ1n) is 7.77. The second kappa shape index (κ2) is 6.62. The van der Waals surface area contributed by atoms with Gasteiger partial charge in [0.05, 0.1) is 7.11 Å². The highest BCUT2D eigenvalue weighted by Crippen LogP contribution is 2.30. The largest absolute Gasteiger partial charge is 0.497 e. The van der Waals surface area contributed by atoms with Gasteiger partial charge < -0.3 is 4.74 Å². The number of hydrogen-bond acceptors (Lipinski definition) is 1. The summed E-state index contributed by atoms with van der Waals surface area (Å²) in [4.78, 5) is 0. The molecule has 0 atom stereocenters. The lowest BCUT2D eigenvalue weighted by Crippen LogP contribution is -2.00. The third-order valence-corrected chi connectivity index (χ3v) is 4.21. The first-order valence-corrected chi connectivity index (χ1v) is 7.77. The van der Waals surface area contributed by atoms with Crippen molar-refractivity contribution in [3.05, 3.63) is 71.3 Å². The first-order chi connectivity index (χ1) is 10.4. The molecular weight excluding hydrogens is 256 g/mol. The first kappa shape index (κ1) is 13.9. The van der Waals surface area contributed by atoms with E-state index >= 15 is 0 Å². The second-order valence-corrected chi connectivity index (χ2v) is 5.63. The molecule has 21 heavy (non-hydrogen) atoms. The number of benzene rings is 2. The molecule has 3 rings (SSSR count). The number of allylic oxidation sites excluding steroid dienone is 2. The van der Waals surface area contributed by atoms with E-state index in [0.29, 0.717) is 0 Å². The number of ether oxygens (including phenoxy) is 1. The Morgan fingerprint density at radius 3 is 2.81 bits per heavy atom. The summed E-state index contributed by atoms with van der Waals surface area (Å²) in [6, 6.07) is 17.2. The van der Waals surface area contributed by atoms with Gasteiger partial charge in [0.2, 0.25) is 0 Å². The van der Waals surface area contributed by atoms with E-state index in [4.69, 9.17) is 4.74 Å². The minimum Gasteiger partial charge on any atom is -0.497 e. The molecule has 0 N–H and O–H groups in total. The maximum absolute atomic E-state index is 5.29. The number of hydrogen-bond donors (Lipinski definition) is 0. The molecule has 0 unspecified atom stereocenters. The number of methoxy groups -OCH3 is 1. The summed E-state index contributed by atoms with van der Waals surface area (Å²) in [6.07, 6.45) is 8.26. The van der Waals surface area contributed by atoms with Crippen LogP contribution in [0.25, 0.3) is 5.57 Å². The fourth-order valence-corrected chi connectivity index (χ4v) is 3.11. The molecule has 0 heterocycles. The van der Waals surface area contributed by atoms with E-state index in [0.717, 1.165) is 18.6 Å². The van der Waals surface area contributed by atoms with Crippen molar-refractivity contribution in [1.29, 1.82) is 0 Å². The van der Waals surface area contributed by atoms with Crippen molar-refractivity contribution in [3.63, 3.8) is 0 Å². The standard InChI is InChI=1S/C20H22O/c1-21-19-13-5-8-16(15-19)7-4-10-18-12-6-11-17-9-2-3-14-20(17)18/h2-3,5,8-9,12-15H,4,6-7,10-11H2,1H3. The molecule has 0 saturated heterocycles. The smallest absolute Gasteiger partial charge is 0.119 e. The van der Waals surface area contributed by atoms with Crippen molar-refractivity contribution in [2.75, 3.05) is 7.11 Å². The summed E-state index contributed by atoms with van der Waals surface area (Å²) in [6.45, 7) is 0. The maximum Gasteiger partial charge on any atom is 0.119 e. The SMILES string of the molecule is COc1cccc(CCCC2=CCCc3ccccc32)c1. The molecule has 0 bridgehead atoms. The minimum atomic E-state index is 0.953. The molecule has 1 heteroatoms. The van der Waals surface area contributed by atoms with Crippen LogP contribution in [0.3, 0.4) is 0 Å². The van der Waals surface area contributed by atoms with Gasteiger partial charge in [0, 0.05) is 0 Å². The van der Waals surface area contributed by atoms with Crippen molar-refractivity contribution >= 4 is 5.57 Å². The normalized spacial score (nSPS) is 13.5. The summed E-state index contributed by atoms with van der Waals surface area (Å²) in [5.74, 6) is 0.953. The zero-order valence-corrected chi connectivity index (χ0v) is 12.6. The molecule has 0 saturated carbocycles. The molecule has 0 radical (unpaired) electrons. The van der Waals surface area contributed by atoms with Crippen LogP contribution in [0.1, 0.15) is 36.0 Å². The van der Waals surface area contributed by atoms with Gasteiger partial charge in [0.25, 0.3) is 0 Å². The Morgan fingerprint density at radius 2 is 1.90 bits per heavy atom. The van der Waals surface area contributed by atoms with Gasteiger partial charge in [-0.3, -0.25) is 0 Å². The van der Waals surface area contributed by atoms with Crippen LogP contribution in [0.15, 0.2) is 54.6 Å². The Balaban J connectivity index is 1.62. The molecule has 0 spiro atoms. The molecule has 2 aromatic carbocycles. The van der Waals surface area contributed by atoms with E-state index in [1.54, 1.807) is 7.11 Å². The third kappa shape index (κ3) is 3.36. The summed E-state index contributed by atoms with van der Waals surface area (Å²) < 4.78 is 5.29. The molecule has 0 amide bonds. The predicted octanol–water partition coefficient (Wildman–Crippen LogP) is 5.05. The zero-order valence-electron chi connectivity index (χ0n) is 12.6. The molecule has 0 fully saturated rings. The van der Waals surface area contributed by atoms with Crippen molar-refractivity contribution in [2.24, 2.45) is 0 Å². The van der Waals surface area contributed by atoms with Gasteiger partial charge in [-0.2, -0.15) is 0 Å². The number of aryl methyl sites for hydroxylation is 2. The van der Waals surface area contributed by atoms with Crippen LogP contribution in [-0.2, 0) is 12.8 Å². The molecule has 108 valence electrons. The van der Waals surface area contributed by atoms with Crippen LogP contribution in [-0.4, -0.2) is 7.11 Å². The highest BCUT2D eigenvalue weighted by atomic mass is 16.5. The predicted molar refractivity (Wildman–Crippen MR) is 88.7 cm³/mol. The highest BCUT2D eigenvalue weighted by molar-refractivity contribution is 5.70. The molecule has 1 nitrogen and oxygen atoms in total. The lowest BCUT2D eigenvalue weighted by atomic mass is 9.88. The van der Waals surface area contributed by atoms with Crippen molar-refractivity contribution < 1.29 is 4.74 Å². The number of rotatable bonds is 5. The summed E-state index contributed by atoms with van der Waals surface area (Å²) >= 11 is 0. The minimum absolute atomic E-state index is 0.953.